The predicted molar refractivity (Wildman–Crippen MR) is 84.1 cm³/mol. The molecule has 1 heterocycles. The van der Waals surface area contributed by atoms with Crippen LogP contribution in [-0.4, -0.2) is 46.5 Å². The van der Waals surface area contributed by atoms with Gasteiger partial charge < -0.3 is 15.2 Å². The average molecular weight is 338 g/mol. The molecule has 0 radical (unpaired) electrons. The summed E-state index contributed by atoms with van der Waals surface area (Å²) in [6.07, 6.45) is 0.330. The summed E-state index contributed by atoms with van der Waals surface area (Å²) in [5.74, 6) is -1.56. The van der Waals surface area contributed by atoms with E-state index < -0.39 is 18.0 Å². The molecule has 23 heavy (non-hydrogen) atoms. The number of nitrogens with one attached hydrogen (secondary N) is 1. The highest BCUT2D eigenvalue weighted by molar-refractivity contribution is 6.30. The molecular formula is C15H16ClN3O4. The standard InChI is InChI=1S/C15H16ClN3O4/c1-9-12(14(20)17-8-13(23-2)15(21)22)7-18-19(9)11-5-3-4-10(16)6-11/h3-7,13H,8H2,1-2H3,(H,17,20)(H,21,22). The molecule has 0 fully saturated rings. The van der Waals surface area contributed by atoms with Crippen molar-refractivity contribution in [3.63, 3.8) is 0 Å². The van der Waals surface area contributed by atoms with Crippen LogP contribution in [0.5, 0.6) is 0 Å². The number of carboxylic acids is 1. The van der Waals surface area contributed by atoms with E-state index in [0.29, 0.717) is 16.3 Å². The van der Waals surface area contributed by atoms with E-state index in [1.807, 2.05) is 6.07 Å². The zero-order valence-corrected chi connectivity index (χ0v) is 13.4. The maximum atomic E-state index is 12.2. The zero-order chi connectivity index (χ0) is 17.0. The monoisotopic (exact) mass is 337 g/mol. The molecule has 2 aromatic rings. The average Bonchev–Trinajstić information content (AvgIpc) is 2.89. The Morgan fingerprint density at radius 2 is 2.22 bits per heavy atom. The summed E-state index contributed by atoms with van der Waals surface area (Å²) in [6, 6.07) is 7.08. The Morgan fingerprint density at radius 1 is 1.48 bits per heavy atom. The minimum absolute atomic E-state index is 0.132. The van der Waals surface area contributed by atoms with E-state index in [0.717, 1.165) is 5.69 Å². The number of carboxylic acid groups (broad SMARTS) is 1. The van der Waals surface area contributed by atoms with Gasteiger partial charge in [0, 0.05) is 12.1 Å². The molecule has 1 aromatic heterocycles. The van der Waals surface area contributed by atoms with Crippen LogP contribution in [0.4, 0.5) is 0 Å². The normalized spacial score (nSPS) is 12.0. The first-order valence-electron chi connectivity index (χ1n) is 6.78. The predicted octanol–water partition coefficient (Wildman–Crippen LogP) is 1.66. The molecule has 0 spiro atoms. The van der Waals surface area contributed by atoms with Crippen LogP contribution in [0.2, 0.25) is 5.02 Å². The maximum Gasteiger partial charge on any atom is 0.334 e. The van der Waals surface area contributed by atoms with E-state index in [2.05, 4.69) is 10.4 Å². The van der Waals surface area contributed by atoms with E-state index in [1.165, 1.54) is 13.3 Å². The molecule has 1 aromatic carbocycles. The third kappa shape index (κ3) is 3.88. The Bertz CT molecular complexity index is 729. The molecule has 2 N–H and O–H groups in total. The number of benzene rings is 1. The Morgan fingerprint density at radius 3 is 2.83 bits per heavy atom. The first kappa shape index (κ1) is 17.0. The maximum absolute atomic E-state index is 12.2. The number of carbonyl (C=O) groups excluding carboxylic acids is 1. The fourth-order valence-electron chi connectivity index (χ4n) is 2.05. The van der Waals surface area contributed by atoms with Crippen LogP contribution in [0, 0.1) is 6.92 Å². The summed E-state index contributed by atoms with van der Waals surface area (Å²) in [7, 11) is 1.27. The second kappa shape index (κ2) is 7.26. The zero-order valence-electron chi connectivity index (χ0n) is 12.6. The fourth-order valence-corrected chi connectivity index (χ4v) is 2.24. The summed E-state index contributed by atoms with van der Waals surface area (Å²) >= 11 is 5.96. The lowest BCUT2D eigenvalue weighted by Crippen LogP contribution is -2.37. The fraction of sp³-hybridized carbons (Fsp3) is 0.267. The number of hydrogen-bond acceptors (Lipinski definition) is 4. The van der Waals surface area contributed by atoms with Gasteiger partial charge in [-0.1, -0.05) is 17.7 Å². The van der Waals surface area contributed by atoms with Gasteiger partial charge in [-0.2, -0.15) is 5.10 Å². The van der Waals surface area contributed by atoms with Crippen LogP contribution in [0.3, 0.4) is 0 Å². The van der Waals surface area contributed by atoms with Crippen molar-refractivity contribution in [1.29, 1.82) is 0 Å². The van der Waals surface area contributed by atoms with Gasteiger partial charge >= 0.3 is 5.97 Å². The first-order valence-corrected chi connectivity index (χ1v) is 7.16. The first-order chi connectivity index (χ1) is 10.9. The van der Waals surface area contributed by atoms with Gasteiger partial charge in [0.05, 0.1) is 29.7 Å². The molecule has 0 aliphatic heterocycles. The molecule has 1 unspecified atom stereocenters. The second-order valence-corrected chi connectivity index (χ2v) is 5.24. The Balaban J connectivity index is 2.15. The van der Waals surface area contributed by atoms with E-state index in [1.54, 1.807) is 29.8 Å². The van der Waals surface area contributed by atoms with E-state index in [4.69, 9.17) is 21.4 Å². The van der Waals surface area contributed by atoms with Gasteiger partial charge in [0.1, 0.15) is 0 Å². The van der Waals surface area contributed by atoms with E-state index in [-0.39, 0.29) is 6.54 Å². The number of aliphatic carboxylic acids is 1. The third-order valence-corrected chi connectivity index (χ3v) is 3.55. The van der Waals surface area contributed by atoms with Crippen molar-refractivity contribution in [2.75, 3.05) is 13.7 Å². The van der Waals surface area contributed by atoms with Crippen molar-refractivity contribution in [2.24, 2.45) is 0 Å². The highest BCUT2D eigenvalue weighted by atomic mass is 35.5. The quantitative estimate of drug-likeness (QED) is 0.836. The van der Waals surface area contributed by atoms with Gasteiger partial charge in [-0.05, 0) is 25.1 Å². The SMILES string of the molecule is COC(CNC(=O)c1cnn(-c2cccc(Cl)c2)c1C)C(=O)O. The molecular weight excluding hydrogens is 322 g/mol. The third-order valence-electron chi connectivity index (χ3n) is 3.32. The van der Waals surface area contributed by atoms with Gasteiger partial charge in [0.25, 0.3) is 5.91 Å². The minimum Gasteiger partial charge on any atom is -0.479 e. The van der Waals surface area contributed by atoms with E-state index in [9.17, 15) is 9.59 Å². The summed E-state index contributed by atoms with van der Waals surface area (Å²) in [5.41, 5.74) is 1.70. The van der Waals surface area contributed by atoms with Gasteiger partial charge in [-0.15, -0.1) is 0 Å². The van der Waals surface area contributed by atoms with E-state index >= 15 is 0 Å². The number of amides is 1. The van der Waals surface area contributed by atoms with Crippen molar-refractivity contribution < 1.29 is 19.4 Å². The lowest BCUT2D eigenvalue weighted by Gasteiger charge is -2.11. The molecule has 122 valence electrons. The number of halogens is 1. The smallest absolute Gasteiger partial charge is 0.334 e. The number of rotatable bonds is 6. The van der Waals surface area contributed by atoms with Crippen molar-refractivity contribution >= 4 is 23.5 Å². The van der Waals surface area contributed by atoms with Crippen LogP contribution in [-0.2, 0) is 9.53 Å². The number of aromatic nitrogens is 2. The largest absolute Gasteiger partial charge is 0.479 e. The Kier molecular flexibility index (Phi) is 5.36. The molecule has 2 rings (SSSR count). The molecule has 7 nitrogen and oxygen atoms in total. The number of ether oxygens (including phenoxy) is 1. The van der Waals surface area contributed by atoms with Crippen LogP contribution in [0.15, 0.2) is 30.5 Å². The molecule has 1 atom stereocenters. The lowest BCUT2D eigenvalue weighted by atomic mass is 10.2. The van der Waals surface area contributed by atoms with Crippen LogP contribution >= 0.6 is 11.6 Å². The minimum atomic E-state index is -1.14. The topological polar surface area (TPSA) is 93.5 Å². The van der Waals surface area contributed by atoms with Crippen LogP contribution in [0.1, 0.15) is 16.1 Å². The Hall–Kier alpha value is -2.38. The van der Waals surface area contributed by atoms with Crippen LogP contribution in [0.25, 0.3) is 5.69 Å². The van der Waals surface area contributed by atoms with Crippen molar-refractivity contribution in [3.8, 4) is 5.69 Å². The van der Waals surface area contributed by atoms with Gasteiger partial charge in [0.15, 0.2) is 6.10 Å². The molecule has 0 saturated carbocycles. The van der Waals surface area contributed by atoms with Crippen LogP contribution < -0.4 is 5.32 Å². The molecule has 0 aliphatic carbocycles. The number of hydrogen-bond donors (Lipinski definition) is 2. The van der Waals surface area contributed by atoms with Gasteiger partial charge in [-0.3, -0.25) is 4.79 Å². The highest BCUT2D eigenvalue weighted by Crippen LogP contribution is 2.17. The molecule has 0 saturated heterocycles. The highest BCUT2D eigenvalue weighted by Gasteiger charge is 2.20. The summed E-state index contributed by atoms with van der Waals surface area (Å²) < 4.78 is 6.36. The number of methoxy groups -OCH3 is 1. The van der Waals surface area contributed by atoms with Gasteiger partial charge in [0.2, 0.25) is 0 Å². The number of carbonyl (C=O) groups is 2. The second-order valence-electron chi connectivity index (χ2n) is 4.81. The molecule has 0 aliphatic rings. The Labute approximate surface area is 137 Å². The molecule has 8 heteroatoms. The summed E-state index contributed by atoms with van der Waals surface area (Å²) in [6.45, 7) is 1.61. The van der Waals surface area contributed by atoms with Crippen molar-refractivity contribution in [3.05, 3.63) is 46.7 Å². The molecule has 0 bridgehead atoms. The summed E-state index contributed by atoms with van der Waals surface area (Å²) in [4.78, 5) is 23.0. The van der Waals surface area contributed by atoms with Crippen molar-refractivity contribution in [1.82, 2.24) is 15.1 Å². The number of nitrogens with zero attached hydrogens (tertiary/aromatic N) is 2. The van der Waals surface area contributed by atoms with Crippen molar-refractivity contribution in [2.45, 2.75) is 13.0 Å². The lowest BCUT2D eigenvalue weighted by molar-refractivity contribution is -0.148. The van der Waals surface area contributed by atoms with Gasteiger partial charge in [-0.25, -0.2) is 9.48 Å². The molecule has 1 amide bonds. The summed E-state index contributed by atoms with van der Waals surface area (Å²) in [5, 5.41) is 16.2.